The highest BCUT2D eigenvalue weighted by Gasteiger charge is 2.36. The number of benzene rings is 1. The van der Waals surface area contributed by atoms with Gasteiger partial charge in [-0.05, 0) is 69.6 Å². The summed E-state index contributed by atoms with van der Waals surface area (Å²) >= 11 is 6.25. The van der Waals surface area contributed by atoms with Crippen LogP contribution in [0.4, 0.5) is 10.6 Å². The molecular formula is C36H52ClN7O4. The van der Waals surface area contributed by atoms with Gasteiger partial charge in [0.2, 0.25) is 5.91 Å². The number of carbonyl (C=O) groups is 2. The van der Waals surface area contributed by atoms with Gasteiger partial charge >= 0.3 is 6.09 Å². The van der Waals surface area contributed by atoms with E-state index in [9.17, 15) is 14.7 Å². The van der Waals surface area contributed by atoms with Crippen LogP contribution in [0.2, 0.25) is 5.02 Å². The molecule has 0 saturated carbocycles. The summed E-state index contributed by atoms with van der Waals surface area (Å²) in [6.45, 7) is 17.5. The van der Waals surface area contributed by atoms with Gasteiger partial charge in [-0.1, -0.05) is 30.7 Å². The molecule has 3 saturated heterocycles. The van der Waals surface area contributed by atoms with Gasteiger partial charge in [-0.2, -0.15) is 0 Å². The first-order valence-corrected chi connectivity index (χ1v) is 18.1. The summed E-state index contributed by atoms with van der Waals surface area (Å²) in [5.41, 5.74) is 2.33. The number of piperazine rings is 2. The number of piperidine rings is 1. The lowest BCUT2D eigenvalue weighted by Crippen LogP contribution is -2.53. The standard InChI is InChI=1S/C36H52ClN7O4/c1-25-21-30(45)32-31(25)33(39-24-38-32)42-17-19-43(20-18-42)34(46)29(27-5-7-28(37)8-6-27)23-41-15-13-40(14-16-41)22-26-9-11-44(12-10-26)35(47)48-36(2,3)4/h5-8,24-26,29-30,45H,9-23H2,1-4H3/t25-,29-,30-/m1/s1. The average molecular weight is 682 g/mol. The van der Waals surface area contributed by atoms with Crippen LogP contribution in [0.25, 0.3) is 0 Å². The highest BCUT2D eigenvalue weighted by molar-refractivity contribution is 6.30. The first kappa shape index (κ1) is 34.9. The van der Waals surface area contributed by atoms with E-state index in [0.717, 1.165) is 81.3 Å². The highest BCUT2D eigenvalue weighted by atomic mass is 35.5. The second-order valence-corrected chi connectivity index (χ2v) is 15.5. The second-order valence-electron chi connectivity index (χ2n) is 15.1. The molecule has 4 aliphatic rings. The summed E-state index contributed by atoms with van der Waals surface area (Å²) in [6.07, 6.45) is 3.49. The van der Waals surface area contributed by atoms with E-state index in [4.69, 9.17) is 16.3 Å². The lowest BCUT2D eigenvalue weighted by atomic mass is 9.95. The molecular weight excluding hydrogens is 630 g/mol. The molecule has 4 heterocycles. The van der Waals surface area contributed by atoms with Gasteiger partial charge in [0.1, 0.15) is 17.7 Å². The number of halogens is 1. The van der Waals surface area contributed by atoms with Crippen molar-refractivity contribution in [2.75, 3.05) is 83.4 Å². The summed E-state index contributed by atoms with van der Waals surface area (Å²) in [5, 5.41) is 11.1. The Hall–Kier alpha value is -2.99. The Bertz CT molecular complexity index is 1410. The molecule has 1 aromatic carbocycles. The minimum absolute atomic E-state index is 0.160. The van der Waals surface area contributed by atoms with Crippen molar-refractivity contribution in [1.29, 1.82) is 0 Å². The number of fused-ring (bicyclic) bond motifs is 1. The predicted octanol–water partition coefficient (Wildman–Crippen LogP) is 4.37. The van der Waals surface area contributed by atoms with Crippen molar-refractivity contribution >= 4 is 29.4 Å². The van der Waals surface area contributed by atoms with Gasteiger partial charge in [-0.3, -0.25) is 9.69 Å². The van der Waals surface area contributed by atoms with Crippen LogP contribution in [0.5, 0.6) is 0 Å². The molecule has 11 nitrogen and oxygen atoms in total. The molecule has 0 radical (unpaired) electrons. The average Bonchev–Trinajstić information content (AvgIpc) is 3.37. The van der Waals surface area contributed by atoms with Gasteiger partial charge in [0.25, 0.3) is 0 Å². The molecule has 2 aromatic rings. The topological polar surface area (TPSA) is 106 Å². The van der Waals surface area contributed by atoms with Crippen LogP contribution in [-0.4, -0.2) is 131 Å². The zero-order chi connectivity index (χ0) is 34.0. The van der Waals surface area contributed by atoms with Crippen LogP contribution in [0.1, 0.15) is 81.7 Å². The van der Waals surface area contributed by atoms with E-state index in [1.165, 1.54) is 0 Å². The third-order valence-corrected chi connectivity index (χ3v) is 10.7. The molecule has 2 amide bonds. The molecule has 48 heavy (non-hydrogen) atoms. The number of aliphatic hydroxyl groups excluding tert-OH is 1. The lowest BCUT2D eigenvalue weighted by Gasteiger charge is -2.41. The molecule has 0 spiro atoms. The fourth-order valence-corrected chi connectivity index (χ4v) is 7.86. The van der Waals surface area contributed by atoms with E-state index >= 15 is 0 Å². The monoisotopic (exact) mass is 681 g/mol. The van der Waals surface area contributed by atoms with Crippen LogP contribution in [0, 0.1) is 5.92 Å². The Morgan fingerprint density at radius 3 is 2.21 bits per heavy atom. The Morgan fingerprint density at radius 1 is 0.917 bits per heavy atom. The fourth-order valence-electron chi connectivity index (χ4n) is 7.74. The molecule has 1 aliphatic carbocycles. The first-order valence-electron chi connectivity index (χ1n) is 17.7. The van der Waals surface area contributed by atoms with Crippen LogP contribution < -0.4 is 4.90 Å². The van der Waals surface area contributed by atoms with Crippen molar-refractivity contribution in [1.82, 2.24) is 29.6 Å². The van der Waals surface area contributed by atoms with E-state index in [1.54, 1.807) is 6.33 Å². The number of carbonyl (C=O) groups excluding carboxylic acids is 2. The maximum atomic E-state index is 14.2. The maximum absolute atomic E-state index is 14.2. The number of nitrogens with zero attached hydrogens (tertiary/aromatic N) is 7. The molecule has 1 aromatic heterocycles. The van der Waals surface area contributed by atoms with Crippen LogP contribution in [-0.2, 0) is 9.53 Å². The minimum atomic E-state index is -0.536. The summed E-state index contributed by atoms with van der Waals surface area (Å²) in [4.78, 5) is 46.8. The zero-order valence-electron chi connectivity index (χ0n) is 29.0. The van der Waals surface area contributed by atoms with E-state index in [-0.39, 0.29) is 23.8 Å². The van der Waals surface area contributed by atoms with Gasteiger partial charge in [0.15, 0.2) is 0 Å². The maximum Gasteiger partial charge on any atom is 0.410 e. The van der Waals surface area contributed by atoms with Gasteiger partial charge in [0, 0.05) is 89.1 Å². The molecule has 12 heteroatoms. The number of amides is 2. The van der Waals surface area contributed by atoms with E-state index < -0.39 is 11.7 Å². The number of likely N-dealkylation sites (tertiary alicyclic amines) is 1. The number of aliphatic hydroxyl groups is 1. The number of aromatic nitrogens is 2. The van der Waals surface area contributed by atoms with Gasteiger partial charge < -0.3 is 29.4 Å². The normalized spacial score (nSPS) is 23.7. The third-order valence-electron chi connectivity index (χ3n) is 10.4. The summed E-state index contributed by atoms with van der Waals surface area (Å²) < 4.78 is 5.57. The van der Waals surface area contributed by atoms with Crippen LogP contribution in [0.15, 0.2) is 30.6 Å². The smallest absolute Gasteiger partial charge is 0.410 e. The third kappa shape index (κ3) is 8.23. The summed E-state index contributed by atoms with van der Waals surface area (Å²) in [7, 11) is 0. The molecule has 6 rings (SSSR count). The summed E-state index contributed by atoms with van der Waals surface area (Å²) in [5.74, 6) is 1.58. The van der Waals surface area contributed by atoms with E-state index in [0.29, 0.717) is 50.1 Å². The highest BCUT2D eigenvalue weighted by Crippen LogP contribution is 2.43. The first-order chi connectivity index (χ1) is 22.9. The Morgan fingerprint density at radius 2 is 1.56 bits per heavy atom. The van der Waals surface area contributed by atoms with Crippen molar-refractivity contribution in [3.05, 3.63) is 52.4 Å². The van der Waals surface area contributed by atoms with Gasteiger partial charge in [-0.15, -0.1) is 0 Å². The van der Waals surface area contributed by atoms with Gasteiger partial charge in [-0.25, -0.2) is 14.8 Å². The number of hydrogen-bond acceptors (Lipinski definition) is 9. The Balaban J connectivity index is 1.02. The number of hydrogen-bond donors (Lipinski definition) is 1. The SMILES string of the molecule is C[C@@H]1C[C@@H](O)c2ncnc(N3CCN(C(=O)[C@H](CN4CCN(CC5CCN(C(=O)OC(C)(C)C)CC5)CC4)c4ccc(Cl)cc4)CC3)c21. The Kier molecular flexibility index (Phi) is 10.8. The fraction of sp³-hybridized carbons (Fsp3) is 0.667. The number of rotatable bonds is 7. The summed E-state index contributed by atoms with van der Waals surface area (Å²) in [6, 6.07) is 7.76. The molecule has 0 unspecified atom stereocenters. The largest absolute Gasteiger partial charge is 0.444 e. The number of anilines is 1. The van der Waals surface area contributed by atoms with Crippen molar-refractivity contribution < 1.29 is 19.4 Å². The molecule has 0 bridgehead atoms. The second kappa shape index (κ2) is 14.9. The predicted molar refractivity (Wildman–Crippen MR) is 186 cm³/mol. The lowest BCUT2D eigenvalue weighted by molar-refractivity contribution is -0.133. The quantitative estimate of drug-likeness (QED) is 0.456. The number of ether oxygens (including phenoxy) is 1. The van der Waals surface area contributed by atoms with E-state index in [2.05, 4.69) is 31.6 Å². The molecule has 3 aliphatic heterocycles. The van der Waals surface area contributed by atoms with Crippen LogP contribution in [0.3, 0.4) is 0 Å². The molecule has 262 valence electrons. The zero-order valence-corrected chi connectivity index (χ0v) is 29.7. The van der Waals surface area contributed by atoms with Crippen LogP contribution >= 0.6 is 11.6 Å². The van der Waals surface area contributed by atoms with Crippen molar-refractivity contribution in [3.8, 4) is 0 Å². The molecule has 1 N–H and O–H groups in total. The van der Waals surface area contributed by atoms with Crippen molar-refractivity contribution in [2.45, 2.75) is 70.5 Å². The van der Waals surface area contributed by atoms with Crippen molar-refractivity contribution in [2.24, 2.45) is 5.92 Å². The molecule has 3 fully saturated rings. The van der Waals surface area contributed by atoms with E-state index in [1.807, 2.05) is 54.8 Å². The minimum Gasteiger partial charge on any atom is -0.444 e. The van der Waals surface area contributed by atoms with Crippen molar-refractivity contribution in [3.63, 3.8) is 0 Å². The van der Waals surface area contributed by atoms with Gasteiger partial charge in [0.05, 0.1) is 17.7 Å². The molecule has 3 atom stereocenters. The Labute approximate surface area is 290 Å².